The fourth-order valence-corrected chi connectivity index (χ4v) is 2.73. The summed E-state index contributed by atoms with van der Waals surface area (Å²) < 4.78 is 0. The number of benzene rings is 3. The topological polar surface area (TPSA) is 64.9 Å². The fourth-order valence-electron chi connectivity index (χ4n) is 2.73. The third-order valence-electron chi connectivity index (χ3n) is 4.19. The number of anilines is 2. The highest BCUT2D eigenvalue weighted by Gasteiger charge is 2.08. The second-order valence-electron chi connectivity index (χ2n) is 6.27. The molecule has 2 N–H and O–H groups in total. The molecule has 1 amide bonds. The molecule has 0 spiro atoms. The highest BCUT2D eigenvalue weighted by Crippen LogP contribution is 2.17. The number of nitrogens with one attached hydrogen (secondary N) is 2. The molecule has 0 fully saturated rings. The summed E-state index contributed by atoms with van der Waals surface area (Å²) in [5, 5.41) is 15.4. The van der Waals surface area contributed by atoms with Gasteiger partial charge in [-0.1, -0.05) is 60.7 Å². The number of para-hydroxylation sites is 1. The minimum atomic E-state index is -0.357. The van der Waals surface area contributed by atoms with E-state index in [1.165, 1.54) is 0 Å². The van der Waals surface area contributed by atoms with Crippen molar-refractivity contribution in [3.8, 4) is 6.07 Å². The van der Waals surface area contributed by atoms with Crippen LogP contribution < -0.4 is 10.6 Å². The normalized spacial score (nSPS) is 10.8. The largest absolute Gasteiger partial charge is 0.356 e. The Morgan fingerprint density at radius 2 is 1.46 bits per heavy atom. The van der Waals surface area contributed by atoms with E-state index < -0.39 is 0 Å². The van der Waals surface area contributed by atoms with Gasteiger partial charge in [0, 0.05) is 17.9 Å². The molecule has 4 nitrogen and oxygen atoms in total. The van der Waals surface area contributed by atoms with Crippen molar-refractivity contribution in [2.24, 2.45) is 0 Å². The van der Waals surface area contributed by atoms with Gasteiger partial charge in [-0.05, 0) is 47.9 Å². The van der Waals surface area contributed by atoms with Gasteiger partial charge in [0.25, 0.3) is 5.91 Å². The smallest absolute Gasteiger partial charge is 0.261 e. The predicted molar refractivity (Wildman–Crippen MR) is 113 cm³/mol. The molecule has 0 aromatic heterocycles. The molecule has 0 saturated carbocycles. The monoisotopic (exact) mass is 367 g/mol. The number of carbonyl (C=O) groups excluding carboxylic acids is 1. The summed E-state index contributed by atoms with van der Waals surface area (Å²) in [6.07, 6.45) is 2.33. The maximum absolute atomic E-state index is 12.3. The van der Waals surface area contributed by atoms with Crippen molar-refractivity contribution in [3.05, 3.63) is 102 Å². The number of nitrogens with zero attached hydrogens (tertiary/aromatic N) is 1. The number of carbonyl (C=O) groups is 1. The first-order chi connectivity index (χ1) is 13.7. The van der Waals surface area contributed by atoms with Gasteiger partial charge in [0.05, 0.1) is 0 Å². The van der Waals surface area contributed by atoms with Crippen LogP contribution >= 0.6 is 0 Å². The van der Waals surface area contributed by atoms with E-state index in [0.29, 0.717) is 6.54 Å². The van der Waals surface area contributed by atoms with Gasteiger partial charge in [0.1, 0.15) is 11.6 Å². The summed E-state index contributed by atoms with van der Waals surface area (Å²) in [6, 6.07) is 29.4. The summed E-state index contributed by atoms with van der Waals surface area (Å²) in [5.74, 6) is -0.357. The summed E-state index contributed by atoms with van der Waals surface area (Å²) >= 11 is 0. The second-order valence-corrected chi connectivity index (χ2v) is 6.27. The molecule has 0 radical (unpaired) electrons. The zero-order valence-corrected chi connectivity index (χ0v) is 15.4. The quantitative estimate of drug-likeness (QED) is 0.470. The SMILES string of the molecule is N#C/C(=C\c1ccc(Nc2ccccc2)cc1)C(=O)NCCc1ccccc1. The van der Waals surface area contributed by atoms with Crippen molar-refractivity contribution in [2.45, 2.75) is 6.42 Å². The Bertz CT molecular complexity index is 972. The van der Waals surface area contributed by atoms with E-state index in [0.717, 1.165) is 28.9 Å². The average molecular weight is 367 g/mol. The van der Waals surface area contributed by atoms with E-state index in [2.05, 4.69) is 10.6 Å². The first kappa shape index (κ1) is 18.9. The molecule has 0 saturated heterocycles. The van der Waals surface area contributed by atoms with Crippen LogP contribution in [0.1, 0.15) is 11.1 Å². The van der Waals surface area contributed by atoms with Gasteiger partial charge >= 0.3 is 0 Å². The maximum atomic E-state index is 12.3. The van der Waals surface area contributed by atoms with E-state index in [1.54, 1.807) is 6.08 Å². The number of hydrogen-bond donors (Lipinski definition) is 2. The van der Waals surface area contributed by atoms with Gasteiger partial charge in [-0.2, -0.15) is 5.26 Å². The Morgan fingerprint density at radius 3 is 2.11 bits per heavy atom. The van der Waals surface area contributed by atoms with Crippen molar-refractivity contribution in [1.29, 1.82) is 5.26 Å². The third-order valence-corrected chi connectivity index (χ3v) is 4.19. The first-order valence-electron chi connectivity index (χ1n) is 9.10. The number of hydrogen-bond acceptors (Lipinski definition) is 3. The van der Waals surface area contributed by atoms with Crippen LogP contribution in [0.2, 0.25) is 0 Å². The van der Waals surface area contributed by atoms with Crippen molar-refractivity contribution in [2.75, 3.05) is 11.9 Å². The van der Waals surface area contributed by atoms with Gasteiger partial charge in [0.15, 0.2) is 0 Å². The fraction of sp³-hybridized carbons (Fsp3) is 0.0833. The Morgan fingerprint density at radius 1 is 0.857 bits per heavy atom. The summed E-state index contributed by atoms with van der Waals surface area (Å²) in [7, 11) is 0. The lowest BCUT2D eigenvalue weighted by atomic mass is 10.1. The van der Waals surface area contributed by atoms with Crippen LogP contribution in [-0.2, 0) is 11.2 Å². The van der Waals surface area contributed by atoms with Gasteiger partial charge < -0.3 is 10.6 Å². The molecular formula is C24H21N3O. The Balaban J connectivity index is 1.58. The number of nitriles is 1. The standard InChI is InChI=1S/C24H21N3O/c25-18-21(24(28)26-16-15-19-7-3-1-4-8-19)17-20-11-13-23(14-12-20)27-22-9-5-2-6-10-22/h1-14,17,27H,15-16H2,(H,26,28)/b21-17+. The molecule has 0 bridgehead atoms. The molecule has 28 heavy (non-hydrogen) atoms. The first-order valence-corrected chi connectivity index (χ1v) is 9.10. The molecule has 3 rings (SSSR count). The Kier molecular flexibility index (Phi) is 6.59. The number of amides is 1. The Hall–Kier alpha value is -3.84. The highest BCUT2D eigenvalue weighted by atomic mass is 16.1. The van der Waals surface area contributed by atoms with Crippen molar-refractivity contribution >= 4 is 23.4 Å². The lowest BCUT2D eigenvalue weighted by molar-refractivity contribution is -0.117. The van der Waals surface area contributed by atoms with Crippen LogP contribution in [-0.4, -0.2) is 12.5 Å². The predicted octanol–water partition coefficient (Wildman–Crippen LogP) is 4.70. The molecule has 0 atom stereocenters. The lowest BCUT2D eigenvalue weighted by Gasteiger charge is -2.07. The molecule has 0 aliphatic heterocycles. The van der Waals surface area contributed by atoms with Gasteiger partial charge in [-0.15, -0.1) is 0 Å². The summed E-state index contributed by atoms with van der Waals surface area (Å²) in [6.45, 7) is 0.488. The molecule has 0 unspecified atom stereocenters. The zero-order valence-electron chi connectivity index (χ0n) is 15.4. The number of rotatable bonds is 7. The van der Waals surface area contributed by atoms with Crippen LogP contribution in [0.3, 0.4) is 0 Å². The molecule has 3 aromatic rings. The minimum absolute atomic E-state index is 0.0943. The average Bonchev–Trinajstić information content (AvgIpc) is 2.74. The molecule has 0 heterocycles. The summed E-state index contributed by atoms with van der Waals surface area (Å²) in [5.41, 5.74) is 3.98. The summed E-state index contributed by atoms with van der Waals surface area (Å²) in [4.78, 5) is 12.3. The van der Waals surface area contributed by atoms with Crippen LogP contribution in [0.15, 0.2) is 90.5 Å². The Labute approximate surface area is 165 Å². The minimum Gasteiger partial charge on any atom is -0.356 e. The van der Waals surface area contributed by atoms with E-state index in [1.807, 2.05) is 91.0 Å². The van der Waals surface area contributed by atoms with Gasteiger partial charge in [-0.3, -0.25) is 4.79 Å². The van der Waals surface area contributed by atoms with Crippen LogP contribution in [0, 0.1) is 11.3 Å². The van der Waals surface area contributed by atoms with Crippen molar-refractivity contribution < 1.29 is 4.79 Å². The maximum Gasteiger partial charge on any atom is 0.261 e. The molecule has 0 aliphatic carbocycles. The highest BCUT2D eigenvalue weighted by molar-refractivity contribution is 6.01. The van der Waals surface area contributed by atoms with E-state index >= 15 is 0 Å². The van der Waals surface area contributed by atoms with Gasteiger partial charge in [-0.25, -0.2) is 0 Å². The second kappa shape index (κ2) is 9.75. The zero-order chi connectivity index (χ0) is 19.6. The molecule has 3 aromatic carbocycles. The van der Waals surface area contributed by atoms with E-state index in [4.69, 9.17) is 0 Å². The third kappa shape index (κ3) is 5.58. The van der Waals surface area contributed by atoms with E-state index in [9.17, 15) is 10.1 Å². The molecule has 138 valence electrons. The van der Waals surface area contributed by atoms with Crippen LogP contribution in [0.4, 0.5) is 11.4 Å². The van der Waals surface area contributed by atoms with Crippen molar-refractivity contribution in [3.63, 3.8) is 0 Å². The van der Waals surface area contributed by atoms with Crippen LogP contribution in [0.5, 0.6) is 0 Å². The van der Waals surface area contributed by atoms with Crippen LogP contribution in [0.25, 0.3) is 6.08 Å². The van der Waals surface area contributed by atoms with Crippen molar-refractivity contribution in [1.82, 2.24) is 5.32 Å². The van der Waals surface area contributed by atoms with Gasteiger partial charge in [0.2, 0.25) is 0 Å². The molecule has 0 aliphatic rings. The lowest BCUT2D eigenvalue weighted by Crippen LogP contribution is -2.26. The molecule has 4 heteroatoms. The van der Waals surface area contributed by atoms with E-state index in [-0.39, 0.29) is 11.5 Å². The molecular weight excluding hydrogens is 346 g/mol.